The summed E-state index contributed by atoms with van der Waals surface area (Å²) >= 11 is 3.17. The molecule has 1 aromatic heterocycles. The summed E-state index contributed by atoms with van der Waals surface area (Å²) in [6, 6.07) is 9.68. The van der Waals surface area contributed by atoms with Gasteiger partial charge in [-0.15, -0.1) is 24.0 Å². The molecule has 0 aliphatic carbocycles. The number of nitrogens with one attached hydrogen (secondary N) is 2. The highest BCUT2D eigenvalue weighted by atomic mass is 127. The van der Waals surface area contributed by atoms with Crippen molar-refractivity contribution < 1.29 is 4.39 Å². The van der Waals surface area contributed by atoms with Gasteiger partial charge in [0.1, 0.15) is 11.6 Å². The molecule has 0 atom stereocenters. The third-order valence-electron chi connectivity index (χ3n) is 4.72. The van der Waals surface area contributed by atoms with E-state index in [0.717, 1.165) is 43.3 Å². The van der Waals surface area contributed by atoms with Gasteiger partial charge in [-0.3, -0.25) is 4.99 Å². The second kappa shape index (κ2) is 10.9. The molecule has 152 valence electrons. The predicted octanol–water partition coefficient (Wildman–Crippen LogP) is 4.24. The number of aromatic nitrogens is 1. The first kappa shape index (κ1) is 22.9. The number of nitrogens with zero attached hydrogens (tertiary/aromatic N) is 3. The molecular weight excluding hydrogens is 536 g/mol. The van der Waals surface area contributed by atoms with Crippen LogP contribution in [-0.4, -0.2) is 37.1 Å². The van der Waals surface area contributed by atoms with Gasteiger partial charge in [-0.25, -0.2) is 9.37 Å². The molecule has 1 aromatic carbocycles. The molecule has 28 heavy (non-hydrogen) atoms. The van der Waals surface area contributed by atoms with Crippen molar-refractivity contribution >= 4 is 51.7 Å². The molecule has 1 saturated heterocycles. The predicted molar refractivity (Wildman–Crippen MR) is 127 cm³/mol. The van der Waals surface area contributed by atoms with E-state index in [1.54, 1.807) is 13.1 Å². The summed E-state index contributed by atoms with van der Waals surface area (Å²) in [7, 11) is 1.75. The number of rotatable bonds is 4. The Morgan fingerprint density at radius 1 is 1.29 bits per heavy atom. The maximum atomic E-state index is 13.6. The first-order chi connectivity index (χ1) is 13.0. The molecule has 0 radical (unpaired) electrons. The Labute approximate surface area is 191 Å². The van der Waals surface area contributed by atoms with E-state index in [2.05, 4.69) is 53.6 Å². The maximum Gasteiger partial charge on any atom is 0.191 e. The molecule has 0 amide bonds. The van der Waals surface area contributed by atoms with Gasteiger partial charge in [-0.05, 0) is 65.0 Å². The fourth-order valence-electron chi connectivity index (χ4n) is 3.12. The number of aryl methyl sites for hydroxylation is 1. The Balaban J connectivity index is 0.00000280. The summed E-state index contributed by atoms with van der Waals surface area (Å²) in [6.07, 6.45) is 3.95. The highest BCUT2D eigenvalue weighted by Crippen LogP contribution is 2.18. The van der Waals surface area contributed by atoms with Crippen LogP contribution in [0.3, 0.4) is 0 Å². The fourth-order valence-corrected chi connectivity index (χ4v) is 3.37. The van der Waals surface area contributed by atoms with Gasteiger partial charge in [0.2, 0.25) is 0 Å². The van der Waals surface area contributed by atoms with Crippen molar-refractivity contribution in [2.24, 2.45) is 4.99 Å². The molecule has 1 aliphatic heterocycles. The molecule has 0 bridgehead atoms. The number of anilines is 1. The van der Waals surface area contributed by atoms with Crippen molar-refractivity contribution in [3.8, 4) is 0 Å². The molecule has 2 heterocycles. The minimum atomic E-state index is -0.255. The normalized spacial score (nSPS) is 15.1. The first-order valence-corrected chi connectivity index (χ1v) is 9.93. The quantitative estimate of drug-likeness (QED) is 0.333. The SMILES string of the molecule is CN=C(NCc1ccc(Br)c(F)c1)NC1CCN(c2ccc(C)cn2)CC1.I. The van der Waals surface area contributed by atoms with E-state index in [4.69, 9.17) is 0 Å². The van der Waals surface area contributed by atoms with Crippen LogP contribution in [0, 0.1) is 12.7 Å². The molecule has 0 spiro atoms. The lowest BCUT2D eigenvalue weighted by Crippen LogP contribution is -2.48. The summed E-state index contributed by atoms with van der Waals surface area (Å²) in [4.78, 5) is 11.1. The number of piperidine rings is 1. The second-order valence-electron chi connectivity index (χ2n) is 6.77. The fraction of sp³-hybridized carbons (Fsp3) is 0.400. The molecular formula is C20H26BrFIN5. The zero-order valence-corrected chi connectivity index (χ0v) is 20.0. The van der Waals surface area contributed by atoms with Crippen molar-refractivity contribution in [2.45, 2.75) is 32.4 Å². The van der Waals surface area contributed by atoms with Crippen LogP contribution >= 0.6 is 39.9 Å². The minimum absolute atomic E-state index is 0. The average Bonchev–Trinajstić information content (AvgIpc) is 2.69. The van der Waals surface area contributed by atoms with Crippen LogP contribution in [-0.2, 0) is 6.54 Å². The molecule has 0 saturated carbocycles. The summed E-state index contributed by atoms with van der Waals surface area (Å²) < 4.78 is 14.1. The van der Waals surface area contributed by atoms with Crippen molar-refractivity contribution in [1.82, 2.24) is 15.6 Å². The van der Waals surface area contributed by atoms with Gasteiger partial charge in [0.15, 0.2) is 5.96 Å². The zero-order valence-electron chi connectivity index (χ0n) is 16.1. The summed E-state index contributed by atoms with van der Waals surface area (Å²) in [5.74, 6) is 1.53. The smallest absolute Gasteiger partial charge is 0.191 e. The lowest BCUT2D eigenvalue weighted by molar-refractivity contribution is 0.459. The van der Waals surface area contributed by atoms with Gasteiger partial charge in [0.05, 0.1) is 4.47 Å². The number of hydrogen-bond acceptors (Lipinski definition) is 3. The Morgan fingerprint density at radius 2 is 2.04 bits per heavy atom. The Hall–Kier alpha value is -1.42. The zero-order chi connectivity index (χ0) is 19.2. The highest BCUT2D eigenvalue weighted by molar-refractivity contribution is 14.0. The van der Waals surface area contributed by atoms with Gasteiger partial charge in [-0.2, -0.15) is 0 Å². The van der Waals surface area contributed by atoms with Gasteiger partial charge >= 0.3 is 0 Å². The molecule has 1 aliphatic rings. The number of aliphatic imine (C=N–C) groups is 1. The molecule has 2 aromatic rings. The third kappa shape index (κ3) is 6.30. The van der Waals surface area contributed by atoms with E-state index in [9.17, 15) is 4.39 Å². The van der Waals surface area contributed by atoms with Crippen LogP contribution in [0.1, 0.15) is 24.0 Å². The summed E-state index contributed by atoms with van der Waals surface area (Å²) in [5, 5.41) is 6.73. The molecule has 5 nitrogen and oxygen atoms in total. The first-order valence-electron chi connectivity index (χ1n) is 9.14. The van der Waals surface area contributed by atoms with Crippen LogP contribution in [0.15, 0.2) is 46.0 Å². The monoisotopic (exact) mass is 561 g/mol. The summed E-state index contributed by atoms with van der Waals surface area (Å²) in [5.41, 5.74) is 2.05. The van der Waals surface area contributed by atoms with E-state index in [1.165, 1.54) is 11.6 Å². The van der Waals surface area contributed by atoms with E-state index >= 15 is 0 Å². The molecule has 3 rings (SSSR count). The highest BCUT2D eigenvalue weighted by Gasteiger charge is 2.20. The topological polar surface area (TPSA) is 52.6 Å². The molecule has 0 unspecified atom stereocenters. The lowest BCUT2D eigenvalue weighted by atomic mass is 10.1. The average molecular weight is 562 g/mol. The van der Waals surface area contributed by atoms with Crippen LogP contribution in [0.4, 0.5) is 10.2 Å². The van der Waals surface area contributed by atoms with Gasteiger partial charge in [0.25, 0.3) is 0 Å². The van der Waals surface area contributed by atoms with Crippen molar-refractivity contribution in [1.29, 1.82) is 0 Å². The van der Waals surface area contributed by atoms with E-state index in [0.29, 0.717) is 17.1 Å². The van der Waals surface area contributed by atoms with E-state index < -0.39 is 0 Å². The van der Waals surface area contributed by atoms with Crippen LogP contribution < -0.4 is 15.5 Å². The van der Waals surface area contributed by atoms with Crippen molar-refractivity contribution in [3.05, 3.63) is 57.9 Å². The van der Waals surface area contributed by atoms with Gasteiger partial charge in [0, 0.05) is 38.9 Å². The van der Waals surface area contributed by atoms with Crippen LogP contribution in [0.5, 0.6) is 0 Å². The largest absolute Gasteiger partial charge is 0.356 e. The van der Waals surface area contributed by atoms with E-state index in [1.807, 2.05) is 19.2 Å². The van der Waals surface area contributed by atoms with Crippen LogP contribution in [0.25, 0.3) is 0 Å². The number of halogens is 3. The Kier molecular flexibility index (Phi) is 8.94. The summed E-state index contributed by atoms with van der Waals surface area (Å²) in [6.45, 7) is 4.50. The molecule has 1 fully saturated rings. The Morgan fingerprint density at radius 3 is 2.64 bits per heavy atom. The second-order valence-corrected chi connectivity index (χ2v) is 7.63. The third-order valence-corrected chi connectivity index (χ3v) is 5.37. The van der Waals surface area contributed by atoms with Crippen molar-refractivity contribution in [2.75, 3.05) is 25.0 Å². The number of benzene rings is 1. The molecule has 2 N–H and O–H groups in total. The number of pyridine rings is 1. The van der Waals surface area contributed by atoms with Gasteiger partial charge in [-0.1, -0.05) is 12.1 Å². The Bertz CT molecular complexity index is 792. The molecule has 8 heteroatoms. The minimum Gasteiger partial charge on any atom is -0.356 e. The van der Waals surface area contributed by atoms with E-state index in [-0.39, 0.29) is 29.8 Å². The lowest BCUT2D eigenvalue weighted by Gasteiger charge is -2.33. The van der Waals surface area contributed by atoms with Crippen molar-refractivity contribution in [3.63, 3.8) is 0 Å². The maximum absolute atomic E-state index is 13.6. The van der Waals surface area contributed by atoms with Gasteiger partial charge < -0.3 is 15.5 Å². The number of guanidine groups is 1. The number of hydrogen-bond donors (Lipinski definition) is 2. The standard InChI is InChI=1S/C20H25BrFN5.HI/c1-14-3-6-19(24-12-14)27-9-7-16(8-10-27)26-20(23-2)25-13-15-4-5-17(21)18(22)11-15;/h3-6,11-12,16H,7-10,13H2,1-2H3,(H2,23,25,26);1H. The van der Waals surface area contributed by atoms with Crippen LogP contribution in [0.2, 0.25) is 0 Å².